The molecule has 2 aromatic heterocycles. The third kappa shape index (κ3) is 4.74. The van der Waals surface area contributed by atoms with Crippen molar-refractivity contribution in [2.24, 2.45) is 0 Å². The van der Waals surface area contributed by atoms with Crippen LogP contribution in [0, 0.1) is 13.8 Å². The average Bonchev–Trinajstić information content (AvgIpc) is 3.38. The second-order valence-corrected chi connectivity index (χ2v) is 11.8. The maximum atomic E-state index is 13.0. The summed E-state index contributed by atoms with van der Waals surface area (Å²) >= 11 is 3.13. The van der Waals surface area contributed by atoms with Gasteiger partial charge in [0, 0.05) is 52.1 Å². The van der Waals surface area contributed by atoms with Gasteiger partial charge in [0.05, 0.1) is 11.2 Å². The fourth-order valence-electron chi connectivity index (χ4n) is 3.59. The maximum Gasteiger partial charge on any atom is 0.289 e. The number of nitrogens with zero attached hydrogens (tertiary/aromatic N) is 2. The summed E-state index contributed by atoms with van der Waals surface area (Å²) in [5.41, 5.74) is 0.846. The lowest BCUT2D eigenvalue weighted by Gasteiger charge is -2.33. The Morgan fingerprint density at radius 2 is 1.81 bits per heavy atom. The second kappa shape index (κ2) is 9.20. The first-order chi connectivity index (χ1) is 14.9. The Labute approximate surface area is 190 Å². The largest absolute Gasteiger partial charge is 0.459 e. The molecule has 164 valence electrons. The number of thioether (sulfide) groups is 1. The van der Waals surface area contributed by atoms with Crippen molar-refractivity contribution in [3.63, 3.8) is 0 Å². The van der Waals surface area contributed by atoms with Crippen LogP contribution in [-0.4, -0.2) is 49.7 Å². The van der Waals surface area contributed by atoms with E-state index in [-0.39, 0.29) is 19.0 Å². The summed E-state index contributed by atoms with van der Waals surface area (Å²) in [6, 6.07) is 13.5. The van der Waals surface area contributed by atoms with Gasteiger partial charge in [-0.15, -0.1) is 23.1 Å². The van der Waals surface area contributed by atoms with E-state index in [4.69, 9.17) is 4.42 Å². The van der Waals surface area contributed by atoms with E-state index in [1.165, 1.54) is 21.9 Å². The lowest BCUT2D eigenvalue weighted by molar-refractivity contribution is 0.0665. The van der Waals surface area contributed by atoms with Crippen LogP contribution in [-0.2, 0) is 15.8 Å². The molecule has 1 saturated heterocycles. The molecular formula is C22H24N2O4S3. The standard InChI is InChI=1S/C22H24N2O4S3/c1-16-14-20(17(2)30-16)31(26,27)24-11-9-23(10-12-24)22(25)21-18(8-13-28-21)15-29-19-6-4-3-5-7-19/h3-8,13-14H,9-12,15H2,1-2H3. The number of rotatable bonds is 6. The lowest BCUT2D eigenvalue weighted by Crippen LogP contribution is -2.50. The highest BCUT2D eigenvalue weighted by Gasteiger charge is 2.33. The van der Waals surface area contributed by atoms with E-state index < -0.39 is 10.0 Å². The highest BCUT2D eigenvalue weighted by Crippen LogP contribution is 2.29. The van der Waals surface area contributed by atoms with Crippen molar-refractivity contribution in [2.45, 2.75) is 29.4 Å². The molecule has 0 spiro atoms. The first kappa shape index (κ1) is 22.1. The topological polar surface area (TPSA) is 70.8 Å². The zero-order valence-electron chi connectivity index (χ0n) is 17.4. The Balaban J connectivity index is 1.40. The number of amides is 1. The van der Waals surface area contributed by atoms with Crippen LogP contribution in [0.25, 0.3) is 0 Å². The van der Waals surface area contributed by atoms with Crippen molar-refractivity contribution in [1.29, 1.82) is 0 Å². The van der Waals surface area contributed by atoms with Crippen LogP contribution in [0.1, 0.15) is 25.9 Å². The van der Waals surface area contributed by atoms with Gasteiger partial charge in [0.1, 0.15) is 0 Å². The summed E-state index contributed by atoms with van der Waals surface area (Å²) in [6.45, 7) is 4.97. The molecule has 1 aliphatic heterocycles. The van der Waals surface area contributed by atoms with E-state index in [2.05, 4.69) is 0 Å². The molecule has 0 unspecified atom stereocenters. The molecular weight excluding hydrogens is 452 g/mol. The van der Waals surface area contributed by atoms with Crippen LogP contribution < -0.4 is 0 Å². The third-order valence-corrected chi connectivity index (χ3v) is 9.40. The van der Waals surface area contributed by atoms with E-state index in [1.54, 1.807) is 22.7 Å². The van der Waals surface area contributed by atoms with Gasteiger partial charge in [0.15, 0.2) is 5.76 Å². The Kier molecular flexibility index (Phi) is 6.57. The number of piperazine rings is 1. The number of sulfonamides is 1. The van der Waals surface area contributed by atoms with Crippen molar-refractivity contribution < 1.29 is 17.6 Å². The number of hydrogen-bond acceptors (Lipinski definition) is 6. The molecule has 31 heavy (non-hydrogen) atoms. The fraction of sp³-hybridized carbons (Fsp3) is 0.318. The number of benzene rings is 1. The van der Waals surface area contributed by atoms with Crippen molar-refractivity contribution in [3.05, 3.63) is 69.8 Å². The van der Waals surface area contributed by atoms with Crippen molar-refractivity contribution in [3.8, 4) is 0 Å². The molecule has 0 N–H and O–H groups in total. The van der Waals surface area contributed by atoms with E-state index in [9.17, 15) is 13.2 Å². The van der Waals surface area contributed by atoms with Gasteiger partial charge < -0.3 is 9.32 Å². The van der Waals surface area contributed by atoms with Gasteiger partial charge in [-0.25, -0.2) is 8.42 Å². The van der Waals surface area contributed by atoms with Gasteiger partial charge in [-0.2, -0.15) is 4.31 Å². The molecule has 6 nitrogen and oxygen atoms in total. The zero-order valence-corrected chi connectivity index (χ0v) is 19.9. The normalized spacial score (nSPS) is 15.4. The molecule has 0 atom stereocenters. The van der Waals surface area contributed by atoms with Crippen LogP contribution >= 0.6 is 23.1 Å². The third-order valence-electron chi connectivity index (χ3n) is 5.22. The first-order valence-electron chi connectivity index (χ1n) is 9.97. The summed E-state index contributed by atoms with van der Waals surface area (Å²) in [5.74, 6) is 0.782. The second-order valence-electron chi connectivity index (χ2n) is 7.35. The van der Waals surface area contributed by atoms with Crippen LogP contribution in [0.2, 0.25) is 0 Å². The molecule has 3 aromatic rings. The molecule has 4 rings (SSSR count). The zero-order chi connectivity index (χ0) is 22.0. The minimum Gasteiger partial charge on any atom is -0.459 e. The van der Waals surface area contributed by atoms with Crippen LogP contribution in [0.4, 0.5) is 0 Å². The Morgan fingerprint density at radius 1 is 1.10 bits per heavy atom. The molecule has 1 fully saturated rings. The van der Waals surface area contributed by atoms with Gasteiger partial charge in [0.2, 0.25) is 10.0 Å². The van der Waals surface area contributed by atoms with Crippen LogP contribution in [0.3, 0.4) is 0 Å². The van der Waals surface area contributed by atoms with Gasteiger partial charge in [-0.1, -0.05) is 18.2 Å². The summed E-state index contributed by atoms with van der Waals surface area (Å²) < 4.78 is 33.0. The van der Waals surface area contributed by atoms with Crippen molar-refractivity contribution in [2.75, 3.05) is 26.2 Å². The first-order valence-corrected chi connectivity index (χ1v) is 13.2. The van der Waals surface area contributed by atoms with Crippen LogP contribution in [0.15, 0.2) is 62.9 Å². The predicted octanol–water partition coefficient (Wildman–Crippen LogP) is 4.40. The monoisotopic (exact) mass is 476 g/mol. The Morgan fingerprint density at radius 3 is 2.45 bits per heavy atom. The number of aryl methyl sites for hydroxylation is 2. The van der Waals surface area contributed by atoms with Crippen molar-refractivity contribution in [1.82, 2.24) is 9.21 Å². The minimum absolute atomic E-state index is 0.187. The van der Waals surface area contributed by atoms with Crippen LogP contribution in [0.5, 0.6) is 0 Å². The number of carbonyl (C=O) groups excluding carboxylic acids is 1. The van der Waals surface area contributed by atoms with Gasteiger partial charge in [-0.05, 0) is 38.1 Å². The molecule has 1 aliphatic rings. The molecule has 0 bridgehead atoms. The maximum absolute atomic E-state index is 13.0. The number of carbonyl (C=O) groups is 1. The molecule has 0 radical (unpaired) electrons. The molecule has 1 aromatic carbocycles. The smallest absolute Gasteiger partial charge is 0.289 e. The Hall–Kier alpha value is -2.07. The fourth-order valence-corrected chi connectivity index (χ4v) is 7.44. The average molecular weight is 477 g/mol. The summed E-state index contributed by atoms with van der Waals surface area (Å²) in [6.07, 6.45) is 1.54. The highest BCUT2D eigenvalue weighted by atomic mass is 32.2. The number of hydrogen-bond donors (Lipinski definition) is 0. The van der Waals surface area contributed by atoms with Gasteiger partial charge >= 0.3 is 0 Å². The molecule has 3 heterocycles. The van der Waals surface area contributed by atoms with E-state index in [0.29, 0.717) is 29.5 Å². The number of furan rings is 1. The highest BCUT2D eigenvalue weighted by molar-refractivity contribution is 7.98. The van der Waals surface area contributed by atoms with E-state index >= 15 is 0 Å². The molecule has 0 saturated carbocycles. The molecule has 9 heteroatoms. The SMILES string of the molecule is Cc1cc(S(=O)(=O)N2CCN(C(=O)c3occc3CSc3ccccc3)CC2)c(C)s1. The summed E-state index contributed by atoms with van der Waals surface area (Å²) in [7, 11) is -3.54. The van der Waals surface area contributed by atoms with Gasteiger partial charge in [0.25, 0.3) is 5.91 Å². The minimum atomic E-state index is -3.54. The summed E-state index contributed by atoms with van der Waals surface area (Å²) in [4.78, 5) is 18.0. The van der Waals surface area contributed by atoms with Crippen molar-refractivity contribution >= 4 is 39.0 Å². The Bertz CT molecular complexity index is 1160. The molecule has 0 aliphatic carbocycles. The van der Waals surface area contributed by atoms with Gasteiger partial charge in [-0.3, -0.25) is 4.79 Å². The number of thiophene rings is 1. The quantitative estimate of drug-likeness (QED) is 0.493. The molecule has 1 amide bonds. The van der Waals surface area contributed by atoms with E-state index in [1.807, 2.05) is 50.2 Å². The summed E-state index contributed by atoms with van der Waals surface area (Å²) in [5, 5.41) is 0. The lowest BCUT2D eigenvalue weighted by atomic mass is 10.2. The van der Waals surface area contributed by atoms with E-state index in [0.717, 1.165) is 20.2 Å². The predicted molar refractivity (Wildman–Crippen MR) is 123 cm³/mol.